The van der Waals surface area contributed by atoms with E-state index in [2.05, 4.69) is 15.3 Å². The van der Waals surface area contributed by atoms with E-state index in [0.717, 1.165) is 11.3 Å². The molecule has 0 aliphatic carbocycles. The van der Waals surface area contributed by atoms with Crippen molar-refractivity contribution in [2.75, 3.05) is 16.8 Å². The van der Waals surface area contributed by atoms with Crippen LogP contribution in [0.2, 0.25) is 0 Å². The first-order chi connectivity index (χ1) is 8.74. The monoisotopic (exact) mass is 260 g/mol. The van der Waals surface area contributed by atoms with Crippen LogP contribution < -0.4 is 16.6 Å². The summed E-state index contributed by atoms with van der Waals surface area (Å²) >= 11 is 1.55. The molecule has 3 rings (SSSR count). The zero-order chi connectivity index (χ0) is 12.5. The number of H-pyrrole nitrogens is 1. The Morgan fingerprint density at radius 2 is 2.11 bits per heavy atom. The van der Waals surface area contributed by atoms with Crippen LogP contribution in [0.4, 0.5) is 11.6 Å². The smallest absolute Gasteiger partial charge is 0.276 e. The summed E-state index contributed by atoms with van der Waals surface area (Å²) in [6.45, 7) is 0. The molecule has 4 N–H and O–H groups in total. The van der Waals surface area contributed by atoms with E-state index in [9.17, 15) is 4.79 Å². The van der Waals surface area contributed by atoms with Crippen LogP contribution in [0, 0.1) is 0 Å². The average Bonchev–Trinajstić information content (AvgIpc) is 2.39. The summed E-state index contributed by atoms with van der Waals surface area (Å²) in [6.07, 6.45) is 0. The summed E-state index contributed by atoms with van der Waals surface area (Å²) in [6, 6.07) is 10.2. The van der Waals surface area contributed by atoms with Gasteiger partial charge in [-0.2, -0.15) is 0 Å². The first kappa shape index (κ1) is 11.2. The fraction of sp³-hybridized carbons (Fsp3) is 0.167. The number of thioether (sulfide) groups is 1. The Bertz CT molecular complexity index is 626. The lowest BCUT2D eigenvalue weighted by molar-refractivity contribution is 0.853. The van der Waals surface area contributed by atoms with E-state index in [1.807, 2.05) is 30.3 Å². The number of hydrogen-bond acceptors (Lipinski definition) is 5. The number of fused-ring (bicyclic) bond motifs is 1. The van der Waals surface area contributed by atoms with Crippen LogP contribution >= 0.6 is 11.8 Å². The Hall–Kier alpha value is -1.95. The number of benzene rings is 1. The van der Waals surface area contributed by atoms with Crippen molar-refractivity contribution in [3.8, 4) is 0 Å². The van der Waals surface area contributed by atoms with Gasteiger partial charge in [0.05, 0.1) is 6.04 Å². The van der Waals surface area contributed by atoms with Crippen LogP contribution in [0.3, 0.4) is 0 Å². The van der Waals surface area contributed by atoms with Gasteiger partial charge in [0.2, 0.25) is 5.95 Å². The van der Waals surface area contributed by atoms with E-state index in [1.54, 1.807) is 11.8 Å². The van der Waals surface area contributed by atoms with Gasteiger partial charge >= 0.3 is 0 Å². The molecule has 0 saturated heterocycles. The molecule has 1 unspecified atom stereocenters. The first-order valence-electron chi connectivity index (χ1n) is 5.58. The van der Waals surface area contributed by atoms with Crippen molar-refractivity contribution in [3.05, 3.63) is 46.2 Å². The van der Waals surface area contributed by atoms with Crippen molar-refractivity contribution in [1.82, 2.24) is 9.97 Å². The molecule has 92 valence electrons. The molecule has 1 aliphatic rings. The zero-order valence-corrected chi connectivity index (χ0v) is 10.3. The Kier molecular flexibility index (Phi) is 2.71. The van der Waals surface area contributed by atoms with Crippen molar-refractivity contribution >= 4 is 23.4 Å². The largest absolute Gasteiger partial charge is 0.371 e. The van der Waals surface area contributed by atoms with Crippen molar-refractivity contribution < 1.29 is 0 Å². The third-order valence-electron chi connectivity index (χ3n) is 2.81. The van der Waals surface area contributed by atoms with Crippen LogP contribution in [0.25, 0.3) is 0 Å². The highest BCUT2D eigenvalue weighted by Gasteiger charge is 2.23. The standard InChI is InChI=1S/C12H12N4OS/c13-12-15-10(17)9-11(16-12)18-6-8(14-9)7-4-2-1-3-5-7/h1-5,8,14H,6H2,(H3,13,15,16,17). The van der Waals surface area contributed by atoms with Crippen molar-refractivity contribution in [3.63, 3.8) is 0 Å². The molecule has 1 aromatic heterocycles. The third kappa shape index (κ3) is 1.95. The van der Waals surface area contributed by atoms with Gasteiger partial charge in [0.1, 0.15) is 10.7 Å². The van der Waals surface area contributed by atoms with Crippen molar-refractivity contribution in [2.45, 2.75) is 11.1 Å². The molecule has 0 bridgehead atoms. The molecular weight excluding hydrogens is 248 g/mol. The minimum Gasteiger partial charge on any atom is -0.371 e. The molecule has 2 aromatic rings. The Balaban J connectivity index is 1.97. The molecule has 1 aromatic carbocycles. The van der Waals surface area contributed by atoms with Gasteiger partial charge in [0.15, 0.2) is 0 Å². The van der Waals surface area contributed by atoms with E-state index in [4.69, 9.17) is 5.73 Å². The molecule has 0 spiro atoms. The van der Waals surface area contributed by atoms with Gasteiger partial charge in [-0.3, -0.25) is 9.78 Å². The second kappa shape index (κ2) is 4.38. The topological polar surface area (TPSA) is 83.8 Å². The van der Waals surface area contributed by atoms with Gasteiger partial charge in [0.25, 0.3) is 5.56 Å². The Labute approximate surface area is 108 Å². The number of nitrogens with zero attached hydrogens (tertiary/aromatic N) is 1. The van der Waals surface area contributed by atoms with Gasteiger partial charge in [-0.05, 0) is 5.56 Å². The summed E-state index contributed by atoms with van der Waals surface area (Å²) in [7, 11) is 0. The molecule has 0 fully saturated rings. The van der Waals surface area contributed by atoms with Gasteiger partial charge in [0, 0.05) is 5.75 Å². The highest BCUT2D eigenvalue weighted by molar-refractivity contribution is 7.99. The second-order valence-electron chi connectivity index (χ2n) is 4.05. The normalized spacial score (nSPS) is 17.9. The lowest BCUT2D eigenvalue weighted by Gasteiger charge is -2.25. The minimum atomic E-state index is -0.217. The van der Waals surface area contributed by atoms with Gasteiger partial charge in [-0.25, -0.2) is 4.98 Å². The number of aromatic amines is 1. The van der Waals surface area contributed by atoms with Crippen LogP contribution in [-0.2, 0) is 0 Å². The highest BCUT2D eigenvalue weighted by atomic mass is 32.2. The van der Waals surface area contributed by atoms with Gasteiger partial charge in [-0.15, -0.1) is 11.8 Å². The van der Waals surface area contributed by atoms with Crippen LogP contribution in [0.15, 0.2) is 40.2 Å². The maximum Gasteiger partial charge on any atom is 0.276 e. The lowest BCUT2D eigenvalue weighted by atomic mass is 10.1. The van der Waals surface area contributed by atoms with Crippen LogP contribution in [-0.4, -0.2) is 15.7 Å². The molecule has 1 atom stereocenters. The van der Waals surface area contributed by atoms with Crippen molar-refractivity contribution in [2.24, 2.45) is 0 Å². The van der Waals surface area contributed by atoms with Gasteiger partial charge in [-0.1, -0.05) is 30.3 Å². The summed E-state index contributed by atoms with van der Waals surface area (Å²) < 4.78 is 0. The fourth-order valence-corrected chi connectivity index (χ4v) is 3.00. The Morgan fingerprint density at radius 1 is 1.33 bits per heavy atom. The fourth-order valence-electron chi connectivity index (χ4n) is 1.94. The SMILES string of the molecule is Nc1nc2c(c(=O)[nH]1)NC(c1ccccc1)CS2. The summed E-state index contributed by atoms with van der Waals surface area (Å²) in [5.74, 6) is 0.985. The number of nitrogens with one attached hydrogen (secondary N) is 2. The lowest BCUT2D eigenvalue weighted by Crippen LogP contribution is -2.26. The zero-order valence-electron chi connectivity index (χ0n) is 9.51. The van der Waals surface area contributed by atoms with E-state index in [-0.39, 0.29) is 17.5 Å². The molecule has 2 heterocycles. The van der Waals surface area contributed by atoms with E-state index < -0.39 is 0 Å². The van der Waals surface area contributed by atoms with E-state index >= 15 is 0 Å². The molecule has 6 heteroatoms. The van der Waals surface area contributed by atoms with Crippen LogP contribution in [0.1, 0.15) is 11.6 Å². The predicted molar refractivity (Wildman–Crippen MR) is 72.8 cm³/mol. The maximum atomic E-state index is 11.8. The second-order valence-corrected chi connectivity index (χ2v) is 5.06. The molecule has 1 aliphatic heterocycles. The number of nitrogen functional groups attached to an aromatic ring is 1. The molecule has 0 amide bonds. The maximum absolute atomic E-state index is 11.8. The highest BCUT2D eigenvalue weighted by Crippen LogP contribution is 2.34. The summed E-state index contributed by atoms with van der Waals surface area (Å²) in [5, 5.41) is 3.90. The summed E-state index contributed by atoms with van der Waals surface area (Å²) in [4.78, 5) is 18.4. The number of anilines is 2. The molecule has 5 nitrogen and oxygen atoms in total. The number of aromatic nitrogens is 2. The van der Waals surface area contributed by atoms with E-state index in [0.29, 0.717) is 10.7 Å². The average molecular weight is 260 g/mol. The molecular formula is C12H12N4OS. The Morgan fingerprint density at radius 3 is 2.89 bits per heavy atom. The molecule has 0 radical (unpaired) electrons. The number of rotatable bonds is 1. The van der Waals surface area contributed by atoms with Crippen molar-refractivity contribution in [1.29, 1.82) is 0 Å². The first-order valence-corrected chi connectivity index (χ1v) is 6.56. The quantitative estimate of drug-likeness (QED) is 0.678. The van der Waals surface area contributed by atoms with Gasteiger partial charge < -0.3 is 11.1 Å². The third-order valence-corrected chi connectivity index (χ3v) is 3.88. The summed E-state index contributed by atoms with van der Waals surface area (Å²) in [5.41, 5.74) is 6.97. The number of nitrogens with two attached hydrogens (primary N) is 1. The number of hydrogen-bond donors (Lipinski definition) is 3. The minimum absolute atomic E-state index is 0.121. The van der Waals surface area contributed by atoms with Crippen LogP contribution in [0.5, 0.6) is 0 Å². The predicted octanol–water partition coefficient (Wildman–Crippen LogP) is 1.61. The van der Waals surface area contributed by atoms with E-state index in [1.165, 1.54) is 0 Å². The molecule has 0 saturated carbocycles. The molecule has 18 heavy (non-hydrogen) atoms.